The van der Waals surface area contributed by atoms with Gasteiger partial charge < -0.3 is 5.73 Å². The van der Waals surface area contributed by atoms with Gasteiger partial charge in [-0.3, -0.25) is 0 Å². The molecule has 0 bridgehead atoms. The Labute approximate surface area is 126 Å². The fraction of sp³-hybridized carbons (Fsp3) is 1.00. The van der Waals surface area contributed by atoms with Gasteiger partial charge in [-0.1, -0.05) is 64.2 Å². The highest BCUT2D eigenvalue weighted by Crippen LogP contribution is 2.30. The first kappa shape index (κ1) is 17.3. The molecular formula is C17H34ClN. The first-order chi connectivity index (χ1) is 8.84. The van der Waals surface area contributed by atoms with Crippen LogP contribution in [-0.2, 0) is 0 Å². The lowest BCUT2D eigenvalue weighted by atomic mass is 9.83. The van der Waals surface area contributed by atoms with Crippen molar-refractivity contribution in [2.75, 3.05) is 0 Å². The molecule has 2 N–H and O–H groups in total. The average Bonchev–Trinajstić information content (AvgIpc) is 2.45. The van der Waals surface area contributed by atoms with Crippen LogP contribution >= 0.6 is 12.4 Å². The molecule has 0 aromatic carbocycles. The van der Waals surface area contributed by atoms with E-state index >= 15 is 0 Å². The maximum absolute atomic E-state index is 6.31. The van der Waals surface area contributed by atoms with E-state index in [4.69, 9.17) is 5.73 Å². The summed E-state index contributed by atoms with van der Waals surface area (Å²) in [5, 5.41) is 0. The monoisotopic (exact) mass is 287 g/mol. The molecule has 2 aliphatic rings. The van der Waals surface area contributed by atoms with Gasteiger partial charge in [-0.05, 0) is 37.5 Å². The topological polar surface area (TPSA) is 26.0 Å². The standard InChI is InChI=1S/C17H33N.ClH/c18-17(13-11-15-7-3-1-4-8-15)14-12-16-9-5-2-6-10-16;/h15-17H,1-14,18H2;1H. The van der Waals surface area contributed by atoms with E-state index in [1.807, 2.05) is 0 Å². The minimum Gasteiger partial charge on any atom is -0.328 e. The quantitative estimate of drug-likeness (QED) is 0.690. The zero-order valence-electron chi connectivity index (χ0n) is 12.6. The molecule has 1 nitrogen and oxygen atoms in total. The summed E-state index contributed by atoms with van der Waals surface area (Å²) in [6, 6.07) is 0.494. The highest BCUT2D eigenvalue weighted by atomic mass is 35.5. The van der Waals surface area contributed by atoms with Crippen molar-refractivity contribution in [3.05, 3.63) is 0 Å². The molecule has 0 aliphatic heterocycles. The van der Waals surface area contributed by atoms with Crippen molar-refractivity contribution in [3.8, 4) is 0 Å². The van der Waals surface area contributed by atoms with Gasteiger partial charge in [-0.2, -0.15) is 0 Å². The van der Waals surface area contributed by atoms with E-state index in [0.717, 1.165) is 11.8 Å². The van der Waals surface area contributed by atoms with Crippen LogP contribution in [0.1, 0.15) is 89.9 Å². The van der Waals surface area contributed by atoms with Gasteiger partial charge in [0.15, 0.2) is 0 Å². The highest BCUT2D eigenvalue weighted by molar-refractivity contribution is 5.85. The normalized spacial score (nSPS) is 22.4. The average molecular weight is 288 g/mol. The Balaban J connectivity index is 0.00000180. The second-order valence-electron chi connectivity index (χ2n) is 6.92. The van der Waals surface area contributed by atoms with Crippen LogP contribution in [0.25, 0.3) is 0 Å². The minimum atomic E-state index is 0. The molecule has 0 amide bonds. The van der Waals surface area contributed by atoms with Crippen molar-refractivity contribution in [3.63, 3.8) is 0 Å². The fourth-order valence-corrected chi connectivity index (χ4v) is 4.00. The van der Waals surface area contributed by atoms with Gasteiger partial charge in [0.05, 0.1) is 0 Å². The van der Waals surface area contributed by atoms with Crippen LogP contribution in [0.15, 0.2) is 0 Å². The molecule has 0 unspecified atom stereocenters. The Morgan fingerprint density at radius 1 is 0.684 bits per heavy atom. The molecule has 2 fully saturated rings. The third-order valence-corrected chi connectivity index (χ3v) is 5.34. The number of hydrogen-bond acceptors (Lipinski definition) is 1. The van der Waals surface area contributed by atoms with Gasteiger partial charge in [0.2, 0.25) is 0 Å². The number of halogens is 1. The van der Waals surface area contributed by atoms with Crippen molar-refractivity contribution in [1.82, 2.24) is 0 Å². The smallest absolute Gasteiger partial charge is 0.00390 e. The first-order valence-corrected chi connectivity index (χ1v) is 8.60. The van der Waals surface area contributed by atoms with Gasteiger partial charge in [0.1, 0.15) is 0 Å². The van der Waals surface area contributed by atoms with Crippen LogP contribution in [0.3, 0.4) is 0 Å². The van der Waals surface area contributed by atoms with Gasteiger partial charge in [0.25, 0.3) is 0 Å². The Bertz CT molecular complexity index is 185. The SMILES string of the molecule is Cl.NC(CCC1CCCCC1)CCC1CCCCC1. The van der Waals surface area contributed by atoms with Crippen LogP contribution < -0.4 is 5.73 Å². The van der Waals surface area contributed by atoms with Crippen molar-refractivity contribution >= 4 is 12.4 Å². The summed E-state index contributed by atoms with van der Waals surface area (Å²) in [5.41, 5.74) is 6.31. The molecule has 0 aromatic heterocycles. The molecule has 2 saturated carbocycles. The molecule has 2 aliphatic carbocycles. The van der Waals surface area contributed by atoms with E-state index in [9.17, 15) is 0 Å². The number of hydrogen-bond donors (Lipinski definition) is 1. The molecule has 2 rings (SSSR count). The molecule has 114 valence electrons. The third kappa shape index (κ3) is 6.99. The van der Waals surface area contributed by atoms with E-state index in [0.29, 0.717) is 6.04 Å². The van der Waals surface area contributed by atoms with Gasteiger partial charge in [-0.25, -0.2) is 0 Å². The first-order valence-electron chi connectivity index (χ1n) is 8.60. The van der Waals surface area contributed by atoms with E-state index in [-0.39, 0.29) is 12.4 Å². The van der Waals surface area contributed by atoms with E-state index < -0.39 is 0 Å². The van der Waals surface area contributed by atoms with Gasteiger partial charge in [0, 0.05) is 6.04 Å². The molecule has 0 heterocycles. The maximum Gasteiger partial charge on any atom is 0.00390 e. The molecule has 0 atom stereocenters. The summed E-state index contributed by atoms with van der Waals surface area (Å²) in [6.07, 6.45) is 20.2. The van der Waals surface area contributed by atoms with E-state index in [2.05, 4.69) is 0 Å². The van der Waals surface area contributed by atoms with Crippen LogP contribution in [0.4, 0.5) is 0 Å². The second kappa shape index (κ2) is 10.0. The molecular weight excluding hydrogens is 254 g/mol. The molecule has 0 saturated heterocycles. The van der Waals surface area contributed by atoms with E-state index in [1.54, 1.807) is 0 Å². The lowest BCUT2D eigenvalue weighted by Crippen LogP contribution is -2.23. The maximum atomic E-state index is 6.31. The summed E-state index contributed by atoms with van der Waals surface area (Å²) in [6.45, 7) is 0. The highest BCUT2D eigenvalue weighted by Gasteiger charge is 2.17. The second-order valence-corrected chi connectivity index (χ2v) is 6.92. The summed E-state index contributed by atoms with van der Waals surface area (Å²) in [4.78, 5) is 0. The van der Waals surface area contributed by atoms with Crippen molar-refractivity contribution in [2.24, 2.45) is 17.6 Å². The lowest BCUT2D eigenvalue weighted by molar-refractivity contribution is 0.299. The minimum absolute atomic E-state index is 0. The zero-order chi connectivity index (χ0) is 12.6. The van der Waals surface area contributed by atoms with Crippen molar-refractivity contribution in [1.29, 1.82) is 0 Å². The Hall–Kier alpha value is 0.250. The largest absolute Gasteiger partial charge is 0.328 e. The molecule has 0 radical (unpaired) electrons. The summed E-state index contributed by atoms with van der Waals surface area (Å²) >= 11 is 0. The van der Waals surface area contributed by atoms with E-state index in [1.165, 1.54) is 89.9 Å². The summed E-state index contributed by atoms with van der Waals surface area (Å²) < 4.78 is 0. The van der Waals surface area contributed by atoms with Crippen molar-refractivity contribution < 1.29 is 0 Å². The van der Waals surface area contributed by atoms with Gasteiger partial charge >= 0.3 is 0 Å². The summed E-state index contributed by atoms with van der Waals surface area (Å²) in [7, 11) is 0. The lowest BCUT2D eigenvalue weighted by Gasteiger charge is -2.25. The molecule has 19 heavy (non-hydrogen) atoms. The zero-order valence-corrected chi connectivity index (χ0v) is 13.4. The fourth-order valence-electron chi connectivity index (χ4n) is 4.00. The third-order valence-electron chi connectivity index (χ3n) is 5.34. The van der Waals surface area contributed by atoms with Crippen LogP contribution in [-0.4, -0.2) is 6.04 Å². The van der Waals surface area contributed by atoms with Crippen LogP contribution in [0.5, 0.6) is 0 Å². The number of nitrogens with two attached hydrogens (primary N) is 1. The Kier molecular flexibility index (Phi) is 9.15. The summed E-state index contributed by atoms with van der Waals surface area (Å²) in [5.74, 6) is 2.03. The van der Waals surface area contributed by atoms with Gasteiger partial charge in [-0.15, -0.1) is 12.4 Å². The van der Waals surface area contributed by atoms with Crippen molar-refractivity contribution in [2.45, 2.75) is 95.9 Å². The molecule has 0 spiro atoms. The van der Waals surface area contributed by atoms with Crippen LogP contribution in [0.2, 0.25) is 0 Å². The Morgan fingerprint density at radius 2 is 1.05 bits per heavy atom. The predicted octanol–water partition coefficient (Wildman–Crippen LogP) is 5.46. The number of rotatable bonds is 6. The predicted molar refractivity (Wildman–Crippen MR) is 86.8 cm³/mol. The van der Waals surface area contributed by atoms with Crippen LogP contribution in [0, 0.1) is 11.8 Å². The molecule has 2 heteroatoms. The Morgan fingerprint density at radius 3 is 1.42 bits per heavy atom. The molecule has 0 aromatic rings.